The van der Waals surface area contributed by atoms with Gasteiger partial charge in [0.2, 0.25) is 10.5 Å². The molecule has 0 aromatic carbocycles. The Bertz CT molecular complexity index is 298. The molecule has 0 aromatic heterocycles. The highest BCUT2D eigenvalue weighted by Crippen LogP contribution is 2.47. The number of thiocyanates is 2. The van der Waals surface area contributed by atoms with Gasteiger partial charge in [-0.25, -0.2) is 4.79 Å². The van der Waals surface area contributed by atoms with Crippen LogP contribution < -0.4 is 0 Å². The molecule has 0 spiro atoms. The van der Waals surface area contributed by atoms with E-state index in [1.54, 1.807) is 0 Å². The molecule has 0 aliphatic carbocycles. The van der Waals surface area contributed by atoms with Crippen molar-refractivity contribution in [3.05, 3.63) is 0 Å². The zero-order valence-corrected chi connectivity index (χ0v) is 5.83. The van der Waals surface area contributed by atoms with Crippen LogP contribution in [0.1, 0.15) is 0 Å². The van der Waals surface area contributed by atoms with Crippen LogP contribution in [-0.4, -0.2) is 6.08 Å². The van der Waals surface area contributed by atoms with E-state index in [1.807, 2.05) is 0 Å². The Labute approximate surface area is 63.6 Å². The third kappa shape index (κ3) is 2.00. The molecule has 0 aromatic rings. The van der Waals surface area contributed by atoms with Gasteiger partial charge in [0.25, 0.3) is 6.08 Å². The van der Waals surface area contributed by atoms with Gasteiger partial charge in [-0.3, -0.25) is 0 Å². The highest BCUT2D eigenvalue weighted by atomic mass is 32.3. The normalized spacial score (nSPS) is 9.18. The van der Waals surface area contributed by atoms with Crippen LogP contribution in [-0.2, 0) is 8.98 Å². The molecule has 0 rings (SSSR count). The van der Waals surface area contributed by atoms with E-state index in [1.165, 1.54) is 10.8 Å². The van der Waals surface area contributed by atoms with E-state index in [9.17, 15) is 4.79 Å². The molecular formula is C4N4O2S. The molecule has 54 valence electrons. The van der Waals surface area contributed by atoms with E-state index in [-0.39, 0.29) is 0 Å². The van der Waals surface area contributed by atoms with Crippen LogP contribution in [0.25, 0.3) is 0 Å². The molecule has 0 aliphatic heterocycles. The maximum absolute atomic E-state index is 9.65. The third-order valence-corrected chi connectivity index (χ3v) is 1.71. The lowest BCUT2D eigenvalue weighted by molar-refractivity contribution is 0.562. The van der Waals surface area contributed by atoms with Crippen LogP contribution in [0.15, 0.2) is 4.40 Å². The summed E-state index contributed by atoms with van der Waals surface area (Å²) in [5, 5.41) is 27.1. The Hall–Kier alpha value is -2.00. The summed E-state index contributed by atoms with van der Waals surface area (Å²) in [5.74, 6) is 0. The topological polar surface area (TPSA) is 110 Å². The van der Waals surface area contributed by atoms with Crippen molar-refractivity contribution in [3.8, 4) is 17.1 Å². The fourth-order valence-corrected chi connectivity index (χ4v) is 0.671. The van der Waals surface area contributed by atoms with E-state index in [0.717, 1.165) is 12.3 Å². The Kier molecular flexibility index (Phi) is 3.21. The number of carbonyl (C=O) groups excluding carboxylic acids is 1. The number of rotatable bonds is 2. The lowest BCUT2D eigenvalue weighted by Crippen LogP contribution is -1.90. The second kappa shape index (κ2) is 3.92. The van der Waals surface area contributed by atoms with Gasteiger partial charge in [-0.2, -0.15) is 10.5 Å². The van der Waals surface area contributed by atoms with Crippen LogP contribution in [0, 0.1) is 32.8 Å². The molecule has 0 unspecified atom stereocenters. The van der Waals surface area contributed by atoms with Crippen molar-refractivity contribution in [1.29, 1.82) is 15.8 Å². The van der Waals surface area contributed by atoms with Crippen molar-refractivity contribution < 1.29 is 8.98 Å². The number of isocyanates is 1. The van der Waals surface area contributed by atoms with Crippen molar-refractivity contribution in [2.24, 2.45) is 4.40 Å². The monoisotopic (exact) mass is 168 g/mol. The second-order valence-corrected chi connectivity index (χ2v) is 2.83. The first-order valence-electron chi connectivity index (χ1n) is 2.06. The molecule has 0 N–H and O–H groups in total. The predicted octanol–water partition coefficient (Wildman–Crippen LogP) is 0.417. The molecule has 0 saturated heterocycles. The van der Waals surface area contributed by atoms with Gasteiger partial charge in [0, 0.05) is 0 Å². The SMILES string of the molecule is N#COS(C#N)(C#N)N=C=O. The molecule has 0 radical (unpaired) electrons. The summed E-state index contributed by atoms with van der Waals surface area (Å²) in [6.07, 6.45) is 2.10. The van der Waals surface area contributed by atoms with Crippen LogP contribution in [0.4, 0.5) is 0 Å². The molecule has 0 atom stereocenters. The van der Waals surface area contributed by atoms with Gasteiger partial charge in [0.15, 0.2) is 10.8 Å². The maximum Gasteiger partial charge on any atom is 0.301 e. The quantitative estimate of drug-likeness (QED) is 0.337. The first kappa shape index (κ1) is 9.00. The van der Waals surface area contributed by atoms with Gasteiger partial charge in [-0.1, -0.05) is 4.40 Å². The fourth-order valence-electron chi connectivity index (χ4n) is 0.224. The standard InChI is InChI=1S/C4N4O2S/c5-1-10-11(2-6,3-7)8-4-9. The van der Waals surface area contributed by atoms with Crippen molar-refractivity contribution in [2.75, 3.05) is 0 Å². The fraction of sp³-hybridized carbons (Fsp3) is 0. The minimum absolute atomic E-state index is 0.986. The van der Waals surface area contributed by atoms with Crippen LogP contribution in [0.3, 0.4) is 0 Å². The molecule has 11 heavy (non-hydrogen) atoms. The van der Waals surface area contributed by atoms with Crippen LogP contribution in [0.2, 0.25) is 0 Å². The first-order chi connectivity index (χ1) is 5.24. The summed E-state index contributed by atoms with van der Waals surface area (Å²) < 4.78 is 6.80. The first-order valence-corrected chi connectivity index (χ1v) is 3.58. The van der Waals surface area contributed by atoms with Crippen molar-refractivity contribution in [2.45, 2.75) is 0 Å². The van der Waals surface area contributed by atoms with E-state index in [0.29, 0.717) is 0 Å². The molecule has 0 fully saturated rings. The summed E-state index contributed by atoms with van der Waals surface area (Å²) >= 11 is 0. The van der Waals surface area contributed by atoms with E-state index >= 15 is 0 Å². The summed E-state index contributed by atoms with van der Waals surface area (Å²) in [6, 6.07) is 0. The molecule has 0 aliphatic rings. The summed E-state index contributed by atoms with van der Waals surface area (Å²) in [4.78, 5) is 9.65. The van der Waals surface area contributed by atoms with E-state index in [4.69, 9.17) is 15.8 Å². The smallest absolute Gasteiger partial charge is 0.301 e. The zero-order chi connectivity index (χ0) is 8.74. The molecule has 0 heterocycles. The Balaban J connectivity index is 4.86. The van der Waals surface area contributed by atoms with Gasteiger partial charge in [0.05, 0.1) is 0 Å². The Morgan fingerprint density at radius 3 is 2.09 bits per heavy atom. The van der Waals surface area contributed by atoms with Gasteiger partial charge >= 0.3 is 6.26 Å². The van der Waals surface area contributed by atoms with Gasteiger partial charge in [-0.05, 0) is 0 Å². The van der Waals surface area contributed by atoms with Gasteiger partial charge in [-0.15, -0.1) is 5.26 Å². The molecule has 0 amide bonds. The molecule has 6 nitrogen and oxygen atoms in total. The predicted molar refractivity (Wildman–Crippen MR) is 33.6 cm³/mol. The molecule has 0 saturated carbocycles. The Morgan fingerprint density at radius 1 is 1.27 bits per heavy atom. The lowest BCUT2D eigenvalue weighted by Gasteiger charge is -2.08. The average Bonchev–Trinajstić information content (AvgIpc) is 2.04. The molecular weight excluding hydrogens is 168 g/mol. The lowest BCUT2D eigenvalue weighted by atomic mass is 11.6. The highest BCUT2D eigenvalue weighted by molar-refractivity contribution is 8.36. The van der Waals surface area contributed by atoms with Crippen LogP contribution >= 0.6 is 10.5 Å². The number of nitriles is 3. The van der Waals surface area contributed by atoms with Crippen molar-refractivity contribution in [3.63, 3.8) is 0 Å². The second-order valence-electron chi connectivity index (χ2n) is 1.07. The van der Waals surface area contributed by atoms with E-state index in [2.05, 4.69) is 8.58 Å². The summed E-state index contributed by atoms with van der Waals surface area (Å²) in [6.45, 7) is 0. The van der Waals surface area contributed by atoms with E-state index < -0.39 is 10.5 Å². The highest BCUT2D eigenvalue weighted by Gasteiger charge is 2.24. The number of hydrogen-bond acceptors (Lipinski definition) is 6. The van der Waals surface area contributed by atoms with Crippen molar-refractivity contribution in [1.82, 2.24) is 0 Å². The molecule has 0 bridgehead atoms. The Morgan fingerprint density at radius 2 is 1.82 bits per heavy atom. The number of hydrogen-bond donors (Lipinski definition) is 0. The zero-order valence-electron chi connectivity index (χ0n) is 5.01. The average molecular weight is 168 g/mol. The minimum atomic E-state index is -3.22. The molecule has 7 heteroatoms. The maximum atomic E-state index is 9.65. The van der Waals surface area contributed by atoms with Crippen molar-refractivity contribution >= 4 is 16.6 Å². The third-order valence-electron chi connectivity index (χ3n) is 0.571. The van der Waals surface area contributed by atoms with Crippen LogP contribution in [0.5, 0.6) is 0 Å². The van der Waals surface area contributed by atoms with Gasteiger partial charge < -0.3 is 4.18 Å². The van der Waals surface area contributed by atoms with Gasteiger partial charge in [0.1, 0.15) is 0 Å². The summed E-state index contributed by atoms with van der Waals surface area (Å²) in [5.41, 5.74) is 0. The summed E-state index contributed by atoms with van der Waals surface area (Å²) in [7, 11) is -3.22. The largest absolute Gasteiger partial charge is 0.327 e. The minimum Gasteiger partial charge on any atom is -0.327 e. The number of nitrogens with zero attached hydrogens (tertiary/aromatic N) is 4.